The first-order chi connectivity index (χ1) is 7.88. The predicted octanol–water partition coefficient (Wildman–Crippen LogP) is 1.02. The van der Waals surface area contributed by atoms with Crippen molar-refractivity contribution >= 4 is 27.6 Å². The number of nitrogens with one attached hydrogen (secondary N) is 1. The summed E-state index contributed by atoms with van der Waals surface area (Å²) >= 11 is 6.06. The number of alkyl halides is 1. The first-order valence-corrected chi connectivity index (χ1v) is 7.60. The Labute approximate surface area is 107 Å². The van der Waals surface area contributed by atoms with Gasteiger partial charge in [-0.3, -0.25) is 4.79 Å². The zero-order chi connectivity index (χ0) is 13.1. The minimum atomic E-state index is -3.71. The zero-order valence-electron chi connectivity index (χ0n) is 9.98. The Morgan fingerprint density at radius 1 is 1.41 bits per heavy atom. The second-order valence-corrected chi connectivity index (χ2v) is 6.83. The number of carbonyl (C=O) groups is 1. The lowest BCUT2D eigenvalue weighted by Crippen LogP contribution is -2.47. The second kappa shape index (κ2) is 6.02. The van der Waals surface area contributed by atoms with Gasteiger partial charge in [0.25, 0.3) is 0 Å². The van der Waals surface area contributed by atoms with E-state index in [9.17, 15) is 13.2 Å². The molecule has 0 spiro atoms. The third-order valence-electron chi connectivity index (χ3n) is 3.00. The molecule has 3 atom stereocenters. The molecule has 1 rings (SSSR count). The summed E-state index contributed by atoms with van der Waals surface area (Å²) in [6, 6.07) is -0.289. The Hall–Kier alpha value is -0.330. The van der Waals surface area contributed by atoms with E-state index in [1.54, 1.807) is 0 Å². The summed E-state index contributed by atoms with van der Waals surface area (Å²) in [6.07, 6.45) is 3.46. The SMILES string of the molecule is COC(=O)C(C)S(=O)(=O)NC1CCCCC1Cl. The maximum absolute atomic E-state index is 11.9. The number of halogens is 1. The van der Waals surface area contributed by atoms with Crippen LogP contribution in [-0.4, -0.2) is 38.2 Å². The van der Waals surface area contributed by atoms with Crippen LogP contribution in [0, 0.1) is 0 Å². The molecule has 1 aliphatic carbocycles. The van der Waals surface area contributed by atoms with Crippen LogP contribution in [-0.2, 0) is 19.6 Å². The molecular weight excluding hydrogens is 266 g/mol. The number of sulfonamides is 1. The number of rotatable bonds is 4. The fourth-order valence-electron chi connectivity index (χ4n) is 1.82. The number of ether oxygens (including phenoxy) is 1. The molecule has 1 aliphatic rings. The molecule has 0 aliphatic heterocycles. The van der Waals surface area contributed by atoms with E-state index >= 15 is 0 Å². The second-order valence-electron chi connectivity index (χ2n) is 4.24. The lowest BCUT2D eigenvalue weighted by Gasteiger charge is -2.28. The molecule has 0 amide bonds. The van der Waals surface area contributed by atoms with Gasteiger partial charge in [0.2, 0.25) is 10.0 Å². The predicted molar refractivity (Wildman–Crippen MR) is 65.4 cm³/mol. The van der Waals surface area contributed by atoms with Gasteiger partial charge in [0.15, 0.2) is 5.25 Å². The molecular formula is C10H18ClNO4S. The normalized spacial score (nSPS) is 27.5. The van der Waals surface area contributed by atoms with E-state index in [-0.39, 0.29) is 11.4 Å². The van der Waals surface area contributed by atoms with E-state index in [1.807, 2.05) is 0 Å². The Kier molecular flexibility index (Phi) is 5.22. The quantitative estimate of drug-likeness (QED) is 0.617. The largest absolute Gasteiger partial charge is 0.468 e. The summed E-state index contributed by atoms with van der Waals surface area (Å²) in [5, 5.41) is -1.42. The van der Waals surface area contributed by atoms with Gasteiger partial charge in [-0.2, -0.15) is 0 Å². The topological polar surface area (TPSA) is 72.5 Å². The average Bonchev–Trinajstić information content (AvgIpc) is 2.30. The molecule has 1 saturated carbocycles. The summed E-state index contributed by atoms with van der Waals surface area (Å²) in [6.45, 7) is 1.31. The molecule has 7 heteroatoms. The number of hydrogen-bond donors (Lipinski definition) is 1. The Morgan fingerprint density at radius 3 is 2.53 bits per heavy atom. The summed E-state index contributed by atoms with van der Waals surface area (Å²) in [5.74, 6) is -0.764. The highest BCUT2D eigenvalue weighted by Gasteiger charge is 2.34. The highest BCUT2D eigenvalue weighted by atomic mass is 35.5. The third-order valence-corrected chi connectivity index (χ3v) is 5.27. The highest BCUT2D eigenvalue weighted by Crippen LogP contribution is 2.24. The van der Waals surface area contributed by atoms with Crippen molar-refractivity contribution < 1.29 is 17.9 Å². The van der Waals surface area contributed by atoms with Gasteiger partial charge < -0.3 is 4.74 Å². The smallest absolute Gasteiger partial charge is 0.325 e. The fraction of sp³-hybridized carbons (Fsp3) is 0.900. The van der Waals surface area contributed by atoms with Crippen molar-refractivity contribution in [1.29, 1.82) is 0 Å². The van der Waals surface area contributed by atoms with Crippen molar-refractivity contribution in [2.45, 2.75) is 49.3 Å². The van der Waals surface area contributed by atoms with E-state index in [1.165, 1.54) is 14.0 Å². The minimum absolute atomic E-state index is 0.205. The van der Waals surface area contributed by atoms with Gasteiger partial charge in [0, 0.05) is 11.4 Å². The summed E-state index contributed by atoms with van der Waals surface area (Å²) in [7, 11) is -2.55. The lowest BCUT2D eigenvalue weighted by atomic mass is 9.96. The maximum Gasteiger partial charge on any atom is 0.325 e. The standard InChI is InChI=1S/C10H18ClNO4S/c1-7(10(13)16-2)17(14,15)12-9-6-4-3-5-8(9)11/h7-9,12H,3-6H2,1-2H3. The maximum atomic E-state index is 11.9. The first kappa shape index (κ1) is 14.7. The van der Waals surface area contributed by atoms with E-state index < -0.39 is 21.2 Å². The molecule has 100 valence electrons. The molecule has 5 nitrogen and oxygen atoms in total. The average molecular weight is 284 g/mol. The Balaban J connectivity index is 2.68. The molecule has 0 heterocycles. The summed E-state index contributed by atoms with van der Waals surface area (Å²) < 4.78 is 30.7. The Bertz CT molecular complexity index is 371. The van der Waals surface area contributed by atoms with Crippen LogP contribution < -0.4 is 4.72 Å². The van der Waals surface area contributed by atoms with Crippen molar-refractivity contribution in [2.75, 3.05) is 7.11 Å². The van der Waals surface area contributed by atoms with E-state index in [2.05, 4.69) is 9.46 Å². The van der Waals surface area contributed by atoms with Gasteiger partial charge in [-0.05, 0) is 19.8 Å². The number of methoxy groups -OCH3 is 1. The van der Waals surface area contributed by atoms with Crippen LogP contribution in [0.1, 0.15) is 32.6 Å². The zero-order valence-corrected chi connectivity index (χ0v) is 11.6. The monoisotopic (exact) mass is 283 g/mol. The highest BCUT2D eigenvalue weighted by molar-refractivity contribution is 7.90. The molecule has 3 unspecified atom stereocenters. The van der Waals surface area contributed by atoms with Crippen LogP contribution in [0.25, 0.3) is 0 Å². The van der Waals surface area contributed by atoms with Crippen LogP contribution in [0.15, 0.2) is 0 Å². The van der Waals surface area contributed by atoms with Crippen molar-refractivity contribution in [3.63, 3.8) is 0 Å². The van der Waals surface area contributed by atoms with Crippen LogP contribution in [0.4, 0.5) is 0 Å². The molecule has 0 saturated heterocycles. The van der Waals surface area contributed by atoms with Crippen LogP contribution in [0.3, 0.4) is 0 Å². The molecule has 0 bridgehead atoms. The van der Waals surface area contributed by atoms with Crippen LogP contribution in [0.5, 0.6) is 0 Å². The third kappa shape index (κ3) is 3.82. The van der Waals surface area contributed by atoms with Gasteiger partial charge in [0.1, 0.15) is 0 Å². The van der Waals surface area contributed by atoms with E-state index in [0.717, 1.165) is 19.3 Å². The summed E-state index contributed by atoms with van der Waals surface area (Å²) in [5.41, 5.74) is 0. The number of hydrogen-bond acceptors (Lipinski definition) is 4. The van der Waals surface area contributed by atoms with Gasteiger partial charge in [-0.15, -0.1) is 11.6 Å². The summed E-state index contributed by atoms with van der Waals surface area (Å²) in [4.78, 5) is 11.2. The van der Waals surface area contributed by atoms with Gasteiger partial charge >= 0.3 is 5.97 Å². The first-order valence-electron chi connectivity index (χ1n) is 5.61. The van der Waals surface area contributed by atoms with Crippen LogP contribution in [0.2, 0.25) is 0 Å². The van der Waals surface area contributed by atoms with Crippen molar-refractivity contribution in [1.82, 2.24) is 4.72 Å². The Morgan fingerprint density at radius 2 is 2.00 bits per heavy atom. The molecule has 0 aromatic heterocycles. The molecule has 1 N–H and O–H groups in total. The van der Waals surface area contributed by atoms with Gasteiger partial charge in [0.05, 0.1) is 7.11 Å². The number of carbonyl (C=O) groups excluding carboxylic acids is 1. The van der Waals surface area contributed by atoms with E-state index in [4.69, 9.17) is 11.6 Å². The van der Waals surface area contributed by atoms with Crippen LogP contribution >= 0.6 is 11.6 Å². The molecule has 17 heavy (non-hydrogen) atoms. The molecule has 0 aromatic carbocycles. The van der Waals surface area contributed by atoms with Crippen molar-refractivity contribution in [3.8, 4) is 0 Å². The fourth-order valence-corrected chi connectivity index (χ4v) is 3.50. The lowest BCUT2D eigenvalue weighted by molar-refractivity contribution is -0.139. The van der Waals surface area contributed by atoms with Crippen molar-refractivity contribution in [2.24, 2.45) is 0 Å². The van der Waals surface area contributed by atoms with Crippen molar-refractivity contribution in [3.05, 3.63) is 0 Å². The number of esters is 1. The molecule has 1 fully saturated rings. The molecule has 0 radical (unpaired) electrons. The van der Waals surface area contributed by atoms with Gasteiger partial charge in [-0.1, -0.05) is 12.8 Å². The minimum Gasteiger partial charge on any atom is -0.468 e. The molecule has 0 aromatic rings. The van der Waals surface area contributed by atoms with E-state index in [0.29, 0.717) is 6.42 Å². The van der Waals surface area contributed by atoms with Gasteiger partial charge in [-0.25, -0.2) is 13.1 Å².